The molecule has 1 aliphatic heterocycles. The lowest BCUT2D eigenvalue weighted by Crippen LogP contribution is -2.43. The fourth-order valence-corrected chi connectivity index (χ4v) is 4.37. The van der Waals surface area contributed by atoms with Crippen molar-refractivity contribution in [1.29, 1.82) is 0 Å². The lowest BCUT2D eigenvalue weighted by molar-refractivity contribution is -0.152. The maximum Gasteiger partial charge on any atom is 0.309 e. The van der Waals surface area contributed by atoms with Gasteiger partial charge in [-0.25, -0.2) is 0 Å². The van der Waals surface area contributed by atoms with Crippen LogP contribution in [0.3, 0.4) is 0 Å². The Balaban J connectivity index is 1.63. The molecule has 4 nitrogen and oxygen atoms in total. The van der Waals surface area contributed by atoms with Crippen LogP contribution in [0.4, 0.5) is 0 Å². The summed E-state index contributed by atoms with van der Waals surface area (Å²) in [7, 11) is 0. The normalized spacial score (nSPS) is 18.1. The average Bonchev–Trinajstić information content (AvgIpc) is 2.96. The van der Waals surface area contributed by atoms with E-state index >= 15 is 0 Å². The number of carboxylic acids is 1. The van der Waals surface area contributed by atoms with Gasteiger partial charge >= 0.3 is 5.97 Å². The van der Waals surface area contributed by atoms with E-state index in [1.807, 2.05) is 18.3 Å². The van der Waals surface area contributed by atoms with Crippen LogP contribution in [0.15, 0.2) is 37.1 Å². The summed E-state index contributed by atoms with van der Waals surface area (Å²) < 4.78 is 1.21. The summed E-state index contributed by atoms with van der Waals surface area (Å²) >= 11 is 1.78. The molecule has 2 aromatic rings. The molecule has 2 aromatic heterocycles. The van der Waals surface area contributed by atoms with Crippen molar-refractivity contribution in [3.05, 3.63) is 41.9 Å². The number of thiophene rings is 1. The summed E-state index contributed by atoms with van der Waals surface area (Å²) in [6, 6.07) is 6.21. The predicted octanol–water partition coefficient (Wildman–Crippen LogP) is 3.93. The molecule has 0 aromatic carbocycles. The van der Waals surface area contributed by atoms with E-state index in [0.29, 0.717) is 6.42 Å². The highest BCUT2D eigenvalue weighted by atomic mass is 32.1. The van der Waals surface area contributed by atoms with Gasteiger partial charge in [0, 0.05) is 17.6 Å². The monoisotopic (exact) mass is 330 g/mol. The van der Waals surface area contributed by atoms with Gasteiger partial charge in [0.15, 0.2) is 0 Å². The molecule has 3 heterocycles. The van der Waals surface area contributed by atoms with E-state index in [2.05, 4.69) is 28.6 Å². The van der Waals surface area contributed by atoms with Crippen molar-refractivity contribution in [2.24, 2.45) is 5.41 Å². The molecule has 5 heteroatoms. The number of piperidine rings is 1. The Kier molecular flexibility index (Phi) is 4.78. The SMILES string of the molecule is C=CCCC1(C(=O)O)CCN(Cc2cc3ncccc3s2)CC1. The number of allylic oxidation sites excluding steroid dienone is 1. The van der Waals surface area contributed by atoms with Crippen LogP contribution in [-0.2, 0) is 11.3 Å². The molecule has 0 unspecified atom stereocenters. The number of likely N-dealkylation sites (tertiary alicyclic amines) is 1. The summed E-state index contributed by atoms with van der Waals surface area (Å²) in [5.41, 5.74) is 0.488. The van der Waals surface area contributed by atoms with Crippen LogP contribution in [0.1, 0.15) is 30.6 Å². The second-order valence-electron chi connectivity index (χ2n) is 6.29. The number of carbonyl (C=O) groups is 1. The minimum Gasteiger partial charge on any atom is -0.481 e. The first kappa shape index (κ1) is 16.1. The van der Waals surface area contributed by atoms with Crippen molar-refractivity contribution in [2.75, 3.05) is 13.1 Å². The molecular weight excluding hydrogens is 308 g/mol. The minimum atomic E-state index is -0.648. The van der Waals surface area contributed by atoms with Crippen LogP contribution in [-0.4, -0.2) is 34.0 Å². The molecule has 3 rings (SSSR count). The standard InChI is InChI=1S/C18H22N2O2S/c1-2-3-6-18(17(21)22)7-10-20(11-8-18)13-14-12-15-16(23-14)5-4-9-19-15/h2,4-5,9,12H,1,3,6-8,10-11,13H2,(H,21,22). The van der Waals surface area contributed by atoms with Crippen molar-refractivity contribution in [3.63, 3.8) is 0 Å². The van der Waals surface area contributed by atoms with Gasteiger partial charge in [0.05, 0.1) is 15.6 Å². The second-order valence-corrected chi connectivity index (χ2v) is 7.46. The van der Waals surface area contributed by atoms with E-state index in [1.54, 1.807) is 11.3 Å². The van der Waals surface area contributed by atoms with Gasteiger partial charge in [-0.2, -0.15) is 0 Å². The molecule has 0 bridgehead atoms. The summed E-state index contributed by atoms with van der Waals surface area (Å²) in [4.78, 5) is 19.7. The van der Waals surface area contributed by atoms with Crippen LogP contribution in [0.5, 0.6) is 0 Å². The van der Waals surface area contributed by atoms with E-state index in [0.717, 1.165) is 44.4 Å². The molecular formula is C18H22N2O2S. The first-order chi connectivity index (χ1) is 11.1. The van der Waals surface area contributed by atoms with Gasteiger partial charge in [-0.15, -0.1) is 17.9 Å². The van der Waals surface area contributed by atoms with Gasteiger partial charge in [0.1, 0.15) is 0 Å². The maximum atomic E-state index is 11.7. The first-order valence-corrected chi connectivity index (χ1v) is 8.85. The molecule has 1 fully saturated rings. The third-order valence-corrected chi connectivity index (χ3v) is 5.89. The van der Waals surface area contributed by atoms with Crippen molar-refractivity contribution >= 4 is 27.5 Å². The third kappa shape index (κ3) is 3.46. The molecule has 1 aliphatic rings. The topological polar surface area (TPSA) is 53.4 Å². The lowest BCUT2D eigenvalue weighted by atomic mass is 9.75. The highest BCUT2D eigenvalue weighted by Gasteiger charge is 2.40. The number of aromatic nitrogens is 1. The molecule has 0 radical (unpaired) electrons. The van der Waals surface area contributed by atoms with Gasteiger partial charge in [-0.05, 0) is 57.0 Å². The van der Waals surface area contributed by atoms with Crippen molar-refractivity contribution < 1.29 is 9.90 Å². The Morgan fingerprint density at radius 1 is 1.48 bits per heavy atom. The Labute approximate surface area is 140 Å². The Morgan fingerprint density at radius 3 is 2.91 bits per heavy atom. The Hall–Kier alpha value is -1.72. The van der Waals surface area contributed by atoms with Crippen molar-refractivity contribution in [3.8, 4) is 0 Å². The number of fused-ring (bicyclic) bond motifs is 1. The molecule has 0 atom stereocenters. The molecule has 1 N–H and O–H groups in total. The van der Waals surface area contributed by atoms with Crippen LogP contribution in [0, 0.1) is 5.41 Å². The van der Waals surface area contributed by atoms with E-state index in [1.165, 1.54) is 9.58 Å². The number of carboxylic acid groups (broad SMARTS) is 1. The molecule has 0 saturated carbocycles. The zero-order valence-corrected chi connectivity index (χ0v) is 14.0. The molecule has 23 heavy (non-hydrogen) atoms. The molecule has 1 saturated heterocycles. The minimum absolute atomic E-state index is 0.563. The van der Waals surface area contributed by atoms with E-state index in [4.69, 9.17) is 0 Å². The molecule has 0 spiro atoms. The Morgan fingerprint density at radius 2 is 2.26 bits per heavy atom. The molecule has 0 amide bonds. The summed E-state index contributed by atoms with van der Waals surface area (Å²) in [5.74, 6) is -0.648. The van der Waals surface area contributed by atoms with E-state index < -0.39 is 11.4 Å². The average molecular weight is 330 g/mol. The number of nitrogens with zero attached hydrogens (tertiary/aromatic N) is 2. The zero-order valence-electron chi connectivity index (χ0n) is 13.2. The van der Waals surface area contributed by atoms with Crippen molar-refractivity contribution in [1.82, 2.24) is 9.88 Å². The second kappa shape index (κ2) is 6.81. The van der Waals surface area contributed by atoms with Crippen LogP contribution < -0.4 is 0 Å². The lowest BCUT2D eigenvalue weighted by Gasteiger charge is -2.38. The Bertz CT molecular complexity index is 669. The highest BCUT2D eigenvalue weighted by molar-refractivity contribution is 7.19. The fraction of sp³-hybridized carbons (Fsp3) is 0.444. The smallest absolute Gasteiger partial charge is 0.309 e. The summed E-state index contributed by atoms with van der Waals surface area (Å²) in [6.45, 7) is 6.28. The number of hydrogen-bond acceptors (Lipinski definition) is 4. The number of hydrogen-bond donors (Lipinski definition) is 1. The van der Waals surface area contributed by atoms with E-state index in [9.17, 15) is 9.90 Å². The highest BCUT2D eigenvalue weighted by Crippen LogP contribution is 2.37. The number of pyridine rings is 1. The van der Waals surface area contributed by atoms with Crippen LogP contribution in [0.2, 0.25) is 0 Å². The van der Waals surface area contributed by atoms with E-state index in [-0.39, 0.29) is 0 Å². The van der Waals surface area contributed by atoms with Gasteiger partial charge in [0.2, 0.25) is 0 Å². The van der Waals surface area contributed by atoms with Crippen molar-refractivity contribution in [2.45, 2.75) is 32.2 Å². The largest absolute Gasteiger partial charge is 0.481 e. The maximum absolute atomic E-state index is 11.7. The quantitative estimate of drug-likeness (QED) is 0.815. The summed E-state index contributed by atoms with van der Waals surface area (Å²) in [6.07, 6.45) is 6.56. The number of rotatable bonds is 6. The van der Waals surface area contributed by atoms with Gasteiger partial charge in [-0.1, -0.05) is 6.08 Å². The fourth-order valence-electron chi connectivity index (χ4n) is 3.31. The van der Waals surface area contributed by atoms with Crippen LogP contribution in [0.25, 0.3) is 10.2 Å². The third-order valence-electron chi connectivity index (χ3n) is 4.81. The molecule has 0 aliphatic carbocycles. The molecule has 122 valence electrons. The van der Waals surface area contributed by atoms with Gasteiger partial charge < -0.3 is 5.11 Å². The zero-order chi connectivity index (χ0) is 16.3. The van der Waals surface area contributed by atoms with Gasteiger partial charge in [-0.3, -0.25) is 14.7 Å². The predicted molar refractivity (Wildman–Crippen MR) is 93.6 cm³/mol. The first-order valence-electron chi connectivity index (χ1n) is 8.03. The van der Waals surface area contributed by atoms with Gasteiger partial charge in [0.25, 0.3) is 0 Å². The number of aliphatic carboxylic acids is 1. The van der Waals surface area contributed by atoms with Crippen LogP contribution >= 0.6 is 11.3 Å². The summed E-state index contributed by atoms with van der Waals surface area (Å²) in [5, 5.41) is 9.63.